The molecular formula is C24H36O6. The summed E-state index contributed by atoms with van der Waals surface area (Å²) in [6, 6.07) is 0. The van der Waals surface area contributed by atoms with Gasteiger partial charge in [-0.25, -0.2) is 0 Å². The monoisotopic (exact) mass is 420 g/mol. The van der Waals surface area contributed by atoms with Crippen LogP contribution in [0, 0.1) is 10.8 Å². The summed E-state index contributed by atoms with van der Waals surface area (Å²) in [6.07, 6.45) is 2.88. The van der Waals surface area contributed by atoms with E-state index in [1.165, 1.54) is 11.1 Å². The molecule has 2 aliphatic heterocycles. The highest BCUT2D eigenvalue weighted by Crippen LogP contribution is 2.53. The number of aliphatic hydroxyl groups is 2. The van der Waals surface area contributed by atoms with Crippen molar-refractivity contribution in [3.63, 3.8) is 0 Å². The summed E-state index contributed by atoms with van der Waals surface area (Å²) >= 11 is 0. The number of fused-ring (bicyclic) bond motifs is 2. The number of hydrogen-bond donors (Lipinski definition) is 2. The summed E-state index contributed by atoms with van der Waals surface area (Å²) in [5.41, 5.74) is 2.44. The van der Waals surface area contributed by atoms with Crippen LogP contribution in [0.15, 0.2) is 23.3 Å². The first kappa shape index (κ1) is 21.1. The van der Waals surface area contributed by atoms with E-state index >= 15 is 0 Å². The molecule has 5 aliphatic rings. The van der Waals surface area contributed by atoms with Crippen molar-refractivity contribution < 1.29 is 29.2 Å². The molecule has 2 heterocycles. The van der Waals surface area contributed by atoms with Crippen molar-refractivity contribution in [2.45, 2.75) is 115 Å². The second-order valence-electron chi connectivity index (χ2n) is 12.0. The van der Waals surface area contributed by atoms with E-state index in [9.17, 15) is 10.2 Å². The first-order chi connectivity index (χ1) is 13.8. The molecule has 2 N–H and O–H groups in total. The number of aliphatic hydroxyl groups excluding tert-OH is 2. The van der Waals surface area contributed by atoms with Gasteiger partial charge in [-0.1, -0.05) is 38.8 Å². The minimum absolute atomic E-state index is 0.0190. The standard InChI is InChI=1S/C24H36O6/c1-13-7-21(3,4)11-23(9-13)27-17-15(25)19-20(16(26)18(17)28-23)30-24(29-19)10-14(2)8-22(5,6)12-24/h9-10,15-20,25-26H,7-8,11-12H2,1-6H3/t15-,16?,17-,18+,19?,20+,23?,24?/m1/s1. The van der Waals surface area contributed by atoms with Gasteiger partial charge in [-0.15, -0.1) is 0 Å². The predicted octanol–water partition coefficient (Wildman–Crippen LogP) is 3.22. The van der Waals surface area contributed by atoms with Gasteiger partial charge >= 0.3 is 0 Å². The van der Waals surface area contributed by atoms with E-state index in [0.29, 0.717) is 12.8 Å². The molecular weight excluding hydrogens is 384 g/mol. The lowest BCUT2D eigenvalue weighted by Crippen LogP contribution is -2.61. The Morgan fingerprint density at radius 1 is 0.667 bits per heavy atom. The van der Waals surface area contributed by atoms with E-state index in [1.807, 2.05) is 12.2 Å². The summed E-state index contributed by atoms with van der Waals surface area (Å²) in [4.78, 5) is 0. The zero-order valence-corrected chi connectivity index (χ0v) is 19.0. The Labute approximate surface area is 179 Å². The topological polar surface area (TPSA) is 77.4 Å². The number of rotatable bonds is 0. The van der Waals surface area contributed by atoms with E-state index in [2.05, 4.69) is 41.5 Å². The molecule has 1 saturated carbocycles. The SMILES string of the molecule is CC1=CC2(CC(C)(C)C1)OC1[C@@H](O2)C(O)[C@@H]2OC3(C=C(C)CC(C)(C)C3)O[C@@H]2[C@H]1O. The zero-order chi connectivity index (χ0) is 21.7. The molecule has 0 bridgehead atoms. The first-order valence-corrected chi connectivity index (χ1v) is 11.3. The maximum Gasteiger partial charge on any atom is 0.189 e. The van der Waals surface area contributed by atoms with Crippen molar-refractivity contribution in [2.24, 2.45) is 10.8 Å². The van der Waals surface area contributed by atoms with Gasteiger partial charge in [0.05, 0.1) is 0 Å². The van der Waals surface area contributed by atoms with Crippen LogP contribution < -0.4 is 0 Å². The highest BCUT2D eigenvalue weighted by molar-refractivity contribution is 5.21. The third kappa shape index (κ3) is 3.31. The molecule has 5 rings (SSSR count). The average molecular weight is 421 g/mol. The molecule has 0 radical (unpaired) electrons. The molecule has 30 heavy (non-hydrogen) atoms. The van der Waals surface area contributed by atoms with Gasteiger partial charge in [-0.3, -0.25) is 0 Å². The number of allylic oxidation sites excluding steroid dienone is 2. The summed E-state index contributed by atoms with van der Waals surface area (Å²) in [5, 5.41) is 22.4. The maximum absolute atomic E-state index is 11.2. The van der Waals surface area contributed by atoms with Crippen LogP contribution >= 0.6 is 0 Å². The Bertz CT molecular complexity index is 706. The summed E-state index contributed by atoms with van der Waals surface area (Å²) in [5.74, 6) is -1.83. The molecule has 0 aromatic rings. The summed E-state index contributed by atoms with van der Waals surface area (Å²) in [6.45, 7) is 12.9. The van der Waals surface area contributed by atoms with Gasteiger partial charge < -0.3 is 29.2 Å². The lowest BCUT2D eigenvalue weighted by Gasteiger charge is -2.40. The van der Waals surface area contributed by atoms with Crippen molar-refractivity contribution >= 4 is 0 Å². The predicted molar refractivity (Wildman–Crippen MR) is 111 cm³/mol. The fourth-order valence-corrected chi connectivity index (χ4v) is 6.90. The summed E-state index contributed by atoms with van der Waals surface area (Å²) in [7, 11) is 0. The van der Waals surface area contributed by atoms with Crippen LogP contribution in [0.1, 0.15) is 67.2 Å². The second-order valence-corrected chi connectivity index (χ2v) is 12.0. The van der Waals surface area contributed by atoms with Crippen LogP contribution in [-0.4, -0.2) is 58.4 Å². The fourth-order valence-electron chi connectivity index (χ4n) is 6.90. The molecule has 6 heteroatoms. The van der Waals surface area contributed by atoms with E-state index in [1.54, 1.807) is 0 Å². The molecule has 4 unspecified atom stereocenters. The average Bonchev–Trinajstić information content (AvgIpc) is 3.08. The van der Waals surface area contributed by atoms with Gasteiger partial charge in [0.15, 0.2) is 11.6 Å². The van der Waals surface area contributed by atoms with Crippen molar-refractivity contribution in [3.8, 4) is 0 Å². The molecule has 2 spiro atoms. The van der Waals surface area contributed by atoms with E-state index < -0.39 is 48.2 Å². The van der Waals surface area contributed by atoms with Gasteiger partial charge in [0, 0.05) is 12.8 Å². The minimum atomic E-state index is -0.931. The molecule has 2 saturated heterocycles. The van der Waals surface area contributed by atoms with Crippen molar-refractivity contribution in [3.05, 3.63) is 23.3 Å². The molecule has 0 aromatic heterocycles. The van der Waals surface area contributed by atoms with E-state index in [4.69, 9.17) is 18.9 Å². The third-order valence-corrected chi connectivity index (χ3v) is 7.23. The van der Waals surface area contributed by atoms with Gasteiger partial charge in [0.25, 0.3) is 0 Å². The Morgan fingerprint density at radius 2 is 0.967 bits per heavy atom. The zero-order valence-electron chi connectivity index (χ0n) is 19.0. The lowest BCUT2D eigenvalue weighted by molar-refractivity contribution is -0.195. The second kappa shape index (κ2) is 6.40. The van der Waals surface area contributed by atoms with Crippen LogP contribution in [0.25, 0.3) is 0 Å². The minimum Gasteiger partial charge on any atom is -0.387 e. The van der Waals surface area contributed by atoms with Crippen molar-refractivity contribution in [1.82, 2.24) is 0 Å². The quantitative estimate of drug-likeness (QED) is 0.586. The van der Waals surface area contributed by atoms with Gasteiger partial charge in [0.2, 0.25) is 0 Å². The van der Waals surface area contributed by atoms with E-state index in [0.717, 1.165) is 12.8 Å². The largest absolute Gasteiger partial charge is 0.387 e. The van der Waals surface area contributed by atoms with Crippen LogP contribution in [0.4, 0.5) is 0 Å². The Hall–Kier alpha value is -0.760. The Morgan fingerprint density at radius 3 is 1.23 bits per heavy atom. The fraction of sp³-hybridized carbons (Fsp3) is 0.833. The lowest BCUT2D eigenvalue weighted by atomic mass is 9.75. The number of ether oxygens (including phenoxy) is 4. The molecule has 3 fully saturated rings. The Kier molecular flexibility index (Phi) is 4.50. The molecule has 168 valence electrons. The van der Waals surface area contributed by atoms with E-state index in [-0.39, 0.29) is 10.8 Å². The van der Waals surface area contributed by atoms with Crippen LogP contribution in [0.5, 0.6) is 0 Å². The smallest absolute Gasteiger partial charge is 0.189 e. The van der Waals surface area contributed by atoms with Gasteiger partial charge in [-0.2, -0.15) is 0 Å². The highest BCUT2D eigenvalue weighted by Gasteiger charge is 2.66. The first-order valence-electron chi connectivity index (χ1n) is 11.3. The molecule has 8 atom stereocenters. The van der Waals surface area contributed by atoms with Gasteiger partial charge in [0.1, 0.15) is 36.6 Å². The van der Waals surface area contributed by atoms with Crippen LogP contribution in [0.3, 0.4) is 0 Å². The molecule has 3 aliphatic carbocycles. The van der Waals surface area contributed by atoms with Crippen LogP contribution in [-0.2, 0) is 18.9 Å². The summed E-state index contributed by atoms with van der Waals surface area (Å²) < 4.78 is 25.5. The van der Waals surface area contributed by atoms with Crippen molar-refractivity contribution in [2.75, 3.05) is 0 Å². The highest BCUT2D eigenvalue weighted by atomic mass is 16.8. The molecule has 0 aromatic carbocycles. The van der Waals surface area contributed by atoms with Gasteiger partial charge in [-0.05, 0) is 49.7 Å². The Balaban J connectivity index is 1.43. The normalized spacial score (nSPS) is 51.5. The number of hydrogen-bond acceptors (Lipinski definition) is 6. The molecule has 0 amide bonds. The third-order valence-electron chi connectivity index (χ3n) is 7.23. The van der Waals surface area contributed by atoms with Crippen molar-refractivity contribution in [1.29, 1.82) is 0 Å². The maximum atomic E-state index is 11.2. The molecule has 6 nitrogen and oxygen atoms in total. The van der Waals surface area contributed by atoms with Crippen LogP contribution in [0.2, 0.25) is 0 Å².